The number of ether oxygens (including phenoxy) is 1. The Kier molecular flexibility index (Phi) is 6.24. The van der Waals surface area contributed by atoms with Crippen LogP contribution in [0.1, 0.15) is 6.42 Å². The van der Waals surface area contributed by atoms with E-state index >= 15 is 0 Å². The molecule has 2 fully saturated rings. The quantitative estimate of drug-likeness (QED) is 0.843. The van der Waals surface area contributed by atoms with E-state index in [9.17, 15) is 9.59 Å². The summed E-state index contributed by atoms with van der Waals surface area (Å²) in [5, 5.41) is 6.51. The third-order valence-electron chi connectivity index (χ3n) is 3.88. The summed E-state index contributed by atoms with van der Waals surface area (Å²) in [6.45, 7) is 2.31. The van der Waals surface area contributed by atoms with Gasteiger partial charge in [0.25, 0.3) is 5.91 Å². The normalized spacial score (nSPS) is 24.2. The Bertz CT molecular complexity index is 562. The van der Waals surface area contributed by atoms with E-state index in [2.05, 4.69) is 10.6 Å². The van der Waals surface area contributed by atoms with Gasteiger partial charge in [0.05, 0.1) is 6.61 Å². The maximum absolute atomic E-state index is 12.4. The molecule has 126 valence electrons. The minimum atomic E-state index is -0.522. The number of carbonyl (C=O) groups excluding carboxylic acids is 2. The van der Waals surface area contributed by atoms with Crippen LogP contribution in [0.3, 0.4) is 0 Å². The van der Waals surface area contributed by atoms with Crippen molar-refractivity contribution in [3.8, 4) is 0 Å². The predicted molar refractivity (Wildman–Crippen MR) is 90.2 cm³/mol. The summed E-state index contributed by atoms with van der Waals surface area (Å²) in [5.41, 5.74) is 0.793. The van der Waals surface area contributed by atoms with Crippen molar-refractivity contribution >= 4 is 41.5 Å². The van der Waals surface area contributed by atoms with E-state index in [1.165, 1.54) is 0 Å². The number of benzene rings is 1. The van der Waals surface area contributed by atoms with E-state index in [0.717, 1.165) is 12.2 Å². The van der Waals surface area contributed by atoms with Gasteiger partial charge >= 0.3 is 0 Å². The molecule has 0 radical (unpaired) electrons. The summed E-state index contributed by atoms with van der Waals surface area (Å²) in [7, 11) is 0. The first kappa shape index (κ1) is 18.0. The van der Waals surface area contributed by atoms with Gasteiger partial charge < -0.3 is 20.3 Å². The molecule has 0 aromatic heterocycles. The van der Waals surface area contributed by atoms with Gasteiger partial charge in [0.15, 0.2) is 0 Å². The molecular weight excluding hydrogens is 341 g/mol. The third kappa shape index (κ3) is 4.14. The summed E-state index contributed by atoms with van der Waals surface area (Å²) in [4.78, 5) is 26.2. The number of carbonyl (C=O) groups is 2. The monoisotopic (exact) mass is 359 g/mol. The van der Waals surface area contributed by atoms with Crippen molar-refractivity contribution in [1.29, 1.82) is 0 Å². The highest BCUT2D eigenvalue weighted by atomic mass is 35.5. The van der Waals surface area contributed by atoms with Gasteiger partial charge in [-0.25, -0.2) is 0 Å². The van der Waals surface area contributed by atoms with E-state index in [1.54, 1.807) is 29.2 Å². The Balaban J connectivity index is 0.00000192. The minimum Gasteiger partial charge on any atom is -0.366 e. The highest BCUT2D eigenvalue weighted by Crippen LogP contribution is 2.23. The van der Waals surface area contributed by atoms with E-state index in [-0.39, 0.29) is 24.2 Å². The second-order valence-electron chi connectivity index (χ2n) is 5.38. The number of hydrogen-bond acceptors (Lipinski definition) is 4. The summed E-state index contributed by atoms with van der Waals surface area (Å²) in [6.07, 6.45) is 0.0685. The first-order valence-corrected chi connectivity index (χ1v) is 7.72. The van der Waals surface area contributed by atoms with Gasteiger partial charge in [0, 0.05) is 30.3 Å². The molecule has 2 amide bonds. The molecule has 23 heavy (non-hydrogen) atoms. The second-order valence-corrected chi connectivity index (χ2v) is 5.82. The summed E-state index contributed by atoms with van der Waals surface area (Å²) in [5.74, 6) is -0.331. The maximum Gasteiger partial charge on any atom is 0.251 e. The summed E-state index contributed by atoms with van der Waals surface area (Å²) in [6, 6.07) is 6.61. The van der Waals surface area contributed by atoms with Crippen LogP contribution in [0, 0.1) is 0 Å². The number of nitrogens with one attached hydrogen (secondary N) is 2. The van der Waals surface area contributed by atoms with E-state index in [1.807, 2.05) is 0 Å². The lowest BCUT2D eigenvalue weighted by Gasteiger charge is -2.24. The van der Waals surface area contributed by atoms with Gasteiger partial charge in [-0.2, -0.15) is 0 Å². The topological polar surface area (TPSA) is 70.7 Å². The lowest BCUT2D eigenvalue weighted by Crippen LogP contribution is -2.51. The summed E-state index contributed by atoms with van der Waals surface area (Å²) < 4.78 is 5.40. The van der Waals surface area contributed by atoms with Crippen LogP contribution in [0.4, 0.5) is 5.69 Å². The largest absolute Gasteiger partial charge is 0.366 e. The Labute approximate surface area is 145 Å². The van der Waals surface area contributed by atoms with E-state index in [0.29, 0.717) is 31.1 Å². The molecule has 3 rings (SSSR count). The highest BCUT2D eigenvalue weighted by molar-refractivity contribution is 6.30. The summed E-state index contributed by atoms with van der Waals surface area (Å²) >= 11 is 5.86. The number of rotatable bonds is 3. The first-order chi connectivity index (χ1) is 10.6. The molecule has 0 aliphatic carbocycles. The Morgan fingerprint density at radius 3 is 2.74 bits per heavy atom. The van der Waals surface area contributed by atoms with Crippen molar-refractivity contribution in [3.05, 3.63) is 29.3 Å². The Morgan fingerprint density at radius 2 is 2.09 bits per heavy atom. The zero-order valence-electron chi connectivity index (χ0n) is 12.5. The molecule has 2 unspecified atom stereocenters. The van der Waals surface area contributed by atoms with E-state index < -0.39 is 12.1 Å². The maximum atomic E-state index is 12.4. The Hall–Kier alpha value is -1.34. The van der Waals surface area contributed by atoms with Crippen molar-refractivity contribution < 1.29 is 14.3 Å². The van der Waals surface area contributed by atoms with Crippen LogP contribution in [-0.2, 0) is 14.3 Å². The SMILES string of the molecule is Cl.O=C(NC1CCN(c2ccc(Cl)cc2)C1=O)C1CNCCO1. The van der Waals surface area contributed by atoms with Crippen LogP contribution in [0.5, 0.6) is 0 Å². The molecule has 1 aromatic carbocycles. The van der Waals surface area contributed by atoms with Crippen molar-refractivity contribution in [1.82, 2.24) is 10.6 Å². The number of anilines is 1. The van der Waals surface area contributed by atoms with Gasteiger partial charge in [0.1, 0.15) is 12.1 Å². The molecule has 8 heteroatoms. The van der Waals surface area contributed by atoms with Crippen molar-refractivity contribution in [2.24, 2.45) is 0 Å². The highest BCUT2D eigenvalue weighted by Gasteiger charge is 2.35. The molecule has 2 N–H and O–H groups in total. The molecule has 2 aliphatic rings. The minimum absolute atomic E-state index is 0. The molecular formula is C15H19Cl2N3O3. The molecule has 0 bridgehead atoms. The molecule has 0 spiro atoms. The van der Waals surface area contributed by atoms with Crippen LogP contribution >= 0.6 is 24.0 Å². The average molecular weight is 360 g/mol. The van der Waals surface area contributed by atoms with Crippen LogP contribution in [0.25, 0.3) is 0 Å². The molecule has 2 atom stereocenters. The third-order valence-corrected chi connectivity index (χ3v) is 4.13. The second kappa shape index (κ2) is 7.97. The van der Waals surface area contributed by atoms with Crippen molar-refractivity contribution in [2.75, 3.05) is 31.1 Å². The number of nitrogens with zero attached hydrogens (tertiary/aromatic N) is 1. The molecule has 1 aromatic rings. The van der Waals surface area contributed by atoms with Crippen LogP contribution < -0.4 is 15.5 Å². The molecule has 0 saturated carbocycles. The smallest absolute Gasteiger partial charge is 0.251 e. The van der Waals surface area contributed by atoms with Gasteiger partial charge in [-0.3, -0.25) is 9.59 Å². The molecule has 2 heterocycles. The van der Waals surface area contributed by atoms with Gasteiger partial charge in [-0.15, -0.1) is 12.4 Å². The fraction of sp³-hybridized carbons (Fsp3) is 0.467. The van der Waals surface area contributed by atoms with Gasteiger partial charge in [-0.1, -0.05) is 11.6 Å². The van der Waals surface area contributed by atoms with Crippen LogP contribution in [0.2, 0.25) is 5.02 Å². The average Bonchev–Trinajstić information content (AvgIpc) is 2.90. The van der Waals surface area contributed by atoms with Crippen LogP contribution in [0.15, 0.2) is 24.3 Å². The lowest BCUT2D eigenvalue weighted by atomic mass is 10.2. The van der Waals surface area contributed by atoms with Crippen molar-refractivity contribution in [2.45, 2.75) is 18.6 Å². The predicted octanol–water partition coefficient (Wildman–Crippen LogP) is 0.972. The molecule has 6 nitrogen and oxygen atoms in total. The molecule has 2 aliphatic heterocycles. The van der Waals surface area contributed by atoms with Gasteiger partial charge in [0.2, 0.25) is 5.91 Å². The Morgan fingerprint density at radius 1 is 1.35 bits per heavy atom. The fourth-order valence-electron chi connectivity index (χ4n) is 2.69. The zero-order valence-corrected chi connectivity index (χ0v) is 14.0. The standard InChI is InChI=1S/C15H18ClN3O3.ClH/c16-10-1-3-11(4-2-10)19-7-5-12(15(19)21)18-14(20)13-9-17-6-8-22-13;/h1-4,12-13,17H,5-9H2,(H,18,20);1H. The van der Waals surface area contributed by atoms with Crippen molar-refractivity contribution in [3.63, 3.8) is 0 Å². The van der Waals surface area contributed by atoms with E-state index in [4.69, 9.17) is 16.3 Å². The fourth-order valence-corrected chi connectivity index (χ4v) is 2.82. The number of morpholine rings is 1. The number of hydrogen-bond donors (Lipinski definition) is 2. The van der Waals surface area contributed by atoms with Gasteiger partial charge in [-0.05, 0) is 30.7 Å². The number of amides is 2. The number of halogens is 2. The molecule has 2 saturated heterocycles. The first-order valence-electron chi connectivity index (χ1n) is 7.35. The lowest BCUT2D eigenvalue weighted by molar-refractivity contribution is -0.136. The zero-order chi connectivity index (χ0) is 15.5. The van der Waals surface area contributed by atoms with Crippen LogP contribution in [-0.4, -0.2) is 50.2 Å².